The Bertz CT molecular complexity index is 2410. The maximum Gasteiger partial charge on any atom is 0.270 e. The molecule has 0 amide bonds. The summed E-state index contributed by atoms with van der Waals surface area (Å²) in [4.78, 5) is 16.5. The number of aromatic nitrogens is 1. The lowest BCUT2D eigenvalue weighted by Crippen LogP contribution is -1.97. The van der Waals surface area contributed by atoms with Gasteiger partial charge in [0.2, 0.25) is 11.4 Å². The van der Waals surface area contributed by atoms with E-state index < -0.39 is 40.1 Å². The molecule has 0 aliphatic heterocycles. The summed E-state index contributed by atoms with van der Waals surface area (Å²) in [6.45, 7) is 30.2. The van der Waals surface area contributed by atoms with Gasteiger partial charge in [0.1, 0.15) is 35.3 Å². The van der Waals surface area contributed by atoms with Gasteiger partial charge in [-0.1, -0.05) is 6.07 Å². The SMILES string of the molecule is [C-]#[N+]C1=C(c2cc(F)c([N+]#[C-])cc2F)/C(=C(/C#N)[N+]#[C-])c2cc3c(cc21)/C(=C(/C#N)[N+]#[C-])C(c1cc(C#N)ncc1F)=C3C#N. The number of hydrogen-bond acceptors (Lipinski definition) is 5. The molecule has 0 fully saturated rings. The first-order chi connectivity index (χ1) is 21.7. The highest BCUT2D eigenvalue weighted by molar-refractivity contribution is 6.29. The summed E-state index contributed by atoms with van der Waals surface area (Å²) in [5.41, 5.74) is -4.35. The van der Waals surface area contributed by atoms with Crippen molar-refractivity contribution in [1.29, 1.82) is 21.0 Å². The second kappa shape index (κ2) is 10.9. The molecule has 0 radical (unpaired) electrons. The molecule has 0 saturated carbocycles. The van der Waals surface area contributed by atoms with Gasteiger partial charge in [-0.05, 0) is 57.7 Å². The second-order valence-electron chi connectivity index (χ2n) is 9.09. The van der Waals surface area contributed by atoms with Crippen LogP contribution in [0.25, 0.3) is 52.9 Å². The minimum atomic E-state index is -1.12. The lowest BCUT2D eigenvalue weighted by atomic mass is 9.91. The Labute approximate surface area is 252 Å². The minimum Gasteiger partial charge on any atom is -0.242 e. The predicted octanol–water partition coefficient (Wildman–Crippen LogP) is 7.48. The molecule has 0 N–H and O–H groups in total. The van der Waals surface area contributed by atoms with E-state index in [1.165, 1.54) is 12.1 Å². The van der Waals surface area contributed by atoms with Crippen molar-refractivity contribution in [3.63, 3.8) is 0 Å². The molecule has 0 bridgehead atoms. The van der Waals surface area contributed by atoms with Crippen molar-refractivity contribution < 1.29 is 13.2 Å². The molecule has 2 aliphatic rings. The van der Waals surface area contributed by atoms with E-state index >= 15 is 8.78 Å². The summed E-state index contributed by atoms with van der Waals surface area (Å²) in [7, 11) is 0. The maximum atomic E-state index is 15.4. The van der Waals surface area contributed by atoms with Crippen LogP contribution in [0, 0.1) is 89.1 Å². The molecule has 9 nitrogen and oxygen atoms in total. The van der Waals surface area contributed by atoms with Gasteiger partial charge in [0.25, 0.3) is 11.4 Å². The molecular weight excluding hydrogens is 579 g/mol. The third-order valence-electron chi connectivity index (χ3n) is 7.01. The zero-order valence-electron chi connectivity index (χ0n) is 22.1. The third-order valence-corrected chi connectivity index (χ3v) is 7.01. The fourth-order valence-corrected chi connectivity index (χ4v) is 5.23. The summed E-state index contributed by atoms with van der Waals surface area (Å²) in [5, 5.41) is 39.3. The highest BCUT2D eigenvalue weighted by Crippen LogP contribution is 2.55. The van der Waals surface area contributed by atoms with Crippen LogP contribution < -0.4 is 0 Å². The number of allylic oxidation sites excluding steroid dienone is 7. The third kappa shape index (κ3) is 4.15. The lowest BCUT2D eigenvalue weighted by molar-refractivity contribution is 0.602. The van der Waals surface area contributed by atoms with E-state index in [0.29, 0.717) is 12.1 Å². The topological polar surface area (TPSA) is 125 Å². The number of benzene rings is 2. The van der Waals surface area contributed by atoms with E-state index in [4.69, 9.17) is 26.3 Å². The van der Waals surface area contributed by atoms with Crippen LogP contribution in [0.4, 0.5) is 18.9 Å². The average Bonchev–Trinajstić information content (AvgIpc) is 3.54. The summed E-state index contributed by atoms with van der Waals surface area (Å²) < 4.78 is 45.3. The van der Waals surface area contributed by atoms with Gasteiger partial charge in [0.05, 0.1) is 50.2 Å². The van der Waals surface area contributed by atoms with Gasteiger partial charge in [-0.15, -0.1) is 0 Å². The molecule has 12 heteroatoms. The number of nitriles is 4. The summed E-state index contributed by atoms with van der Waals surface area (Å²) in [5.74, 6) is -3.20. The Morgan fingerprint density at radius 3 is 1.78 bits per heavy atom. The highest BCUT2D eigenvalue weighted by atomic mass is 19.1. The Morgan fingerprint density at radius 1 is 0.622 bits per heavy atom. The Hall–Kier alpha value is -7.74. The zero-order valence-corrected chi connectivity index (χ0v) is 22.1. The van der Waals surface area contributed by atoms with Crippen LogP contribution in [0.3, 0.4) is 0 Å². The molecular formula is C33H6F3N9. The van der Waals surface area contributed by atoms with Crippen molar-refractivity contribution in [1.82, 2.24) is 4.98 Å². The van der Waals surface area contributed by atoms with E-state index in [2.05, 4.69) is 24.4 Å². The van der Waals surface area contributed by atoms with Crippen molar-refractivity contribution in [2.75, 3.05) is 0 Å². The van der Waals surface area contributed by atoms with Crippen LogP contribution in [0.15, 0.2) is 47.9 Å². The highest BCUT2D eigenvalue weighted by Gasteiger charge is 2.38. The van der Waals surface area contributed by atoms with Crippen LogP contribution in [0.5, 0.6) is 0 Å². The number of rotatable bonds is 2. The molecule has 204 valence electrons. The Kier molecular flexibility index (Phi) is 6.98. The fraction of sp³-hybridized carbons (Fsp3) is 0. The van der Waals surface area contributed by atoms with Gasteiger partial charge in [-0.25, -0.2) is 48.1 Å². The van der Waals surface area contributed by atoms with Crippen molar-refractivity contribution in [2.45, 2.75) is 0 Å². The van der Waals surface area contributed by atoms with E-state index in [9.17, 15) is 25.4 Å². The van der Waals surface area contributed by atoms with Gasteiger partial charge >= 0.3 is 0 Å². The van der Waals surface area contributed by atoms with Crippen molar-refractivity contribution >= 4 is 39.2 Å². The first-order valence-electron chi connectivity index (χ1n) is 12.2. The first kappa shape index (κ1) is 28.8. The monoisotopic (exact) mass is 585 g/mol. The molecule has 0 spiro atoms. The van der Waals surface area contributed by atoms with Crippen LogP contribution in [-0.2, 0) is 0 Å². The Morgan fingerprint density at radius 2 is 1.22 bits per heavy atom. The molecule has 0 atom stereocenters. The molecule has 3 aromatic rings. The molecule has 2 aromatic carbocycles. The van der Waals surface area contributed by atoms with Crippen LogP contribution in [0.2, 0.25) is 0 Å². The van der Waals surface area contributed by atoms with E-state index in [0.717, 1.165) is 12.3 Å². The zero-order chi connectivity index (χ0) is 32.6. The van der Waals surface area contributed by atoms with E-state index in [1.807, 2.05) is 6.07 Å². The molecule has 1 aromatic heterocycles. The molecule has 5 rings (SSSR count). The van der Waals surface area contributed by atoms with Crippen molar-refractivity contribution in [2.24, 2.45) is 0 Å². The minimum absolute atomic E-state index is 0.000974. The van der Waals surface area contributed by atoms with Gasteiger partial charge in [-0.2, -0.15) is 10.5 Å². The first-order valence-corrected chi connectivity index (χ1v) is 12.2. The predicted molar refractivity (Wildman–Crippen MR) is 152 cm³/mol. The van der Waals surface area contributed by atoms with Crippen LogP contribution >= 0.6 is 0 Å². The summed E-state index contributed by atoms with van der Waals surface area (Å²) in [6, 6.07) is 12.0. The van der Waals surface area contributed by atoms with Gasteiger partial charge < -0.3 is 0 Å². The molecule has 2 aliphatic carbocycles. The average molecular weight is 585 g/mol. The van der Waals surface area contributed by atoms with Gasteiger partial charge in [0.15, 0.2) is 0 Å². The largest absolute Gasteiger partial charge is 0.270 e. The fourth-order valence-electron chi connectivity index (χ4n) is 5.23. The lowest BCUT2D eigenvalue weighted by Gasteiger charge is -2.12. The molecule has 0 unspecified atom stereocenters. The van der Waals surface area contributed by atoms with Crippen molar-refractivity contribution in [3.8, 4) is 24.3 Å². The van der Waals surface area contributed by atoms with E-state index in [-0.39, 0.29) is 67.1 Å². The quantitative estimate of drug-likeness (QED) is 0.228. The summed E-state index contributed by atoms with van der Waals surface area (Å²) in [6.07, 6.45) is 0.745. The molecule has 45 heavy (non-hydrogen) atoms. The standard InChI is InChI=1S/C33H6F3N9/c1-41-26-9-23(34)21(8-24(26)35)32-31(28(13-40)43-3)18-6-16-17(7-19(18)33(32)44-4)30(27(12-39)42-2)29(22(16)11-38)20-5-15(10-37)45-14-25(20)36/h5-9,14H/b30-27+,31-28-. The number of hydrogen-bond donors (Lipinski definition) is 0. The number of fused-ring (bicyclic) bond motifs is 2. The molecule has 1 heterocycles. The molecule has 0 saturated heterocycles. The Balaban J connectivity index is 1.96. The summed E-state index contributed by atoms with van der Waals surface area (Å²) >= 11 is 0. The second-order valence-corrected chi connectivity index (χ2v) is 9.09. The van der Waals surface area contributed by atoms with Crippen molar-refractivity contribution in [3.05, 3.63) is 150 Å². The normalized spacial score (nSPS) is 14.7. The van der Waals surface area contributed by atoms with Gasteiger partial charge in [-0.3, -0.25) is 0 Å². The number of pyridine rings is 1. The van der Waals surface area contributed by atoms with E-state index in [1.54, 1.807) is 18.2 Å². The maximum absolute atomic E-state index is 15.4. The smallest absolute Gasteiger partial charge is 0.242 e. The van der Waals surface area contributed by atoms with Crippen LogP contribution in [-0.4, -0.2) is 4.98 Å². The van der Waals surface area contributed by atoms with Gasteiger partial charge in [0, 0.05) is 22.3 Å². The number of nitrogens with zero attached hydrogens (tertiary/aromatic N) is 9. The number of halogens is 3. The van der Waals surface area contributed by atoms with Crippen LogP contribution in [0.1, 0.15) is 39.1 Å².